The minimum atomic E-state index is -2.73. The Bertz CT molecular complexity index is 1460. The molecule has 3 fully saturated rings. The molecule has 3 aliphatic rings. The van der Waals surface area contributed by atoms with E-state index < -0.39 is 11.8 Å². The van der Waals surface area contributed by atoms with E-state index in [1.807, 2.05) is 10.8 Å². The molecule has 4 aromatic heterocycles. The van der Waals surface area contributed by atoms with Gasteiger partial charge in [-0.25, -0.2) is 23.7 Å². The Hall–Kier alpha value is -3.74. The molecule has 1 amide bonds. The van der Waals surface area contributed by atoms with E-state index in [1.54, 1.807) is 33.6 Å². The molecule has 1 aliphatic heterocycles. The van der Waals surface area contributed by atoms with Gasteiger partial charge in [0.2, 0.25) is 0 Å². The monoisotopic (exact) mass is 509 g/mol. The van der Waals surface area contributed by atoms with Crippen LogP contribution in [0, 0.1) is 0 Å². The maximum atomic E-state index is 13.6. The molecule has 10 nitrogen and oxygen atoms in total. The van der Waals surface area contributed by atoms with Crippen LogP contribution in [0.2, 0.25) is 0 Å². The molecule has 0 radical (unpaired) electrons. The van der Waals surface area contributed by atoms with Gasteiger partial charge in [0.1, 0.15) is 17.8 Å². The van der Waals surface area contributed by atoms with Crippen LogP contribution in [0.1, 0.15) is 53.8 Å². The number of anilines is 2. The van der Waals surface area contributed by atoms with Crippen LogP contribution < -0.4 is 10.2 Å². The molecule has 5 heterocycles. The van der Waals surface area contributed by atoms with Crippen LogP contribution in [-0.2, 0) is 0 Å². The van der Waals surface area contributed by atoms with Crippen molar-refractivity contribution in [2.45, 2.75) is 43.6 Å². The number of amides is 1. The van der Waals surface area contributed by atoms with Gasteiger partial charge in [-0.3, -0.25) is 4.79 Å². The minimum absolute atomic E-state index is 0.151. The number of pyridine rings is 1. The molecule has 0 atom stereocenters. The summed E-state index contributed by atoms with van der Waals surface area (Å²) >= 11 is 1.37. The highest BCUT2D eigenvalue weighted by molar-refractivity contribution is 7.13. The molecule has 1 N–H and O–H groups in total. The number of carbonyl (C=O) groups is 1. The zero-order valence-corrected chi connectivity index (χ0v) is 19.8. The van der Waals surface area contributed by atoms with Gasteiger partial charge >= 0.3 is 0 Å². The fourth-order valence-corrected chi connectivity index (χ4v) is 5.12. The molecule has 0 unspecified atom stereocenters. The average molecular weight is 510 g/mol. The SMILES string of the molecule is O=C(Nc1csc(-c2nncn2C2CC2)n1)c1cc(-n2cnc(C3CC3)c2)c(N2CC(F)(F)C2)cn1. The van der Waals surface area contributed by atoms with Gasteiger partial charge in [0.25, 0.3) is 11.8 Å². The zero-order chi connectivity index (χ0) is 24.4. The van der Waals surface area contributed by atoms with Crippen LogP contribution in [0.25, 0.3) is 16.5 Å². The molecule has 0 bridgehead atoms. The molecule has 13 heteroatoms. The lowest BCUT2D eigenvalue weighted by atomic mass is 10.1. The number of carbonyl (C=O) groups excluding carboxylic acids is 1. The van der Waals surface area contributed by atoms with E-state index in [2.05, 4.69) is 30.5 Å². The summed E-state index contributed by atoms with van der Waals surface area (Å²) in [6.07, 6.45) is 11.1. The summed E-state index contributed by atoms with van der Waals surface area (Å²) in [6.45, 7) is -0.769. The van der Waals surface area contributed by atoms with Crippen LogP contribution in [0.3, 0.4) is 0 Å². The summed E-state index contributed by atoms with van der Waals surface area (Å²) in [5.74, 6) is -1.66. The van der Waals surface area contributed by atoms with Crippen LogP contribution in [0.5, 0.6) is 0 Å². The van der Waals surface area contributed by atoms with E-state index >= 15 is 0 Å². The number of hydrogen-bond acceptors (Lipinski definition) is 8. The number of rotatable bonds is 7. The van der Waals surface area contributed by atoms with Gasteiger partial charge in [0.05, 0.1) is 42.7 Å². The highest BCUT2D eigenvalue weighted by Gasteiger charge is 2.45. The van der Waals surface area contributed by atoms with Gasteiger partial charge in [-0.15, -0.1) is 21.5 Å². The molecule has 36 heavy (non-hydrogen) atoms. The van der Waals surface area contributed by atoms with Gasteiger partial charge in [0, 0.05) is 23.5 Å². The molecule has 2 aliphatic carbocycles. The van der Waals surface area contributed by atoms with Crippen LogP contribution in [0.15, 0.2) is 36.5 Å². The third-order valence-corrected chi connectivity index (χ3v) is 7.44. The third-order valence-electron chi connectivity index (χ3n) is 6.61. The number of aromatic nitrogens is 7. The minimum Gasteiger partial charge on any atom is -0.356 e. The first kappa shape index (κ1) is 21.5. The smallest absolute Gasteiger partial charge is 0.282 e. The summed E-state index contributed by atoms with van der Waals surface area (Å²) in [6, 6.07) is 2.02. The van der Waals surface area contributed by atoms with E-state index in [1.165, 1.54) is 17.5 Å². The first-order valence-electron chi connectivity index (χ1n) is 11.8. The summed E-state index contributed by atoms with van der Waals surface area (Å²) in [5.41, 5.74) is 2.24. The van der Waals surface area contributed by atoms with Gasteiger partial charge in [0.15, 0.2) is 10.8 Å². The lowest BCUT2D eigenvalue weighted by Gasteiger charge is -2.41. The van der Waals surface area contributed by atoms with Crippen molar-refractivity contribution in [3.8, 4) is 16.5 Å². The van der Waals surface area contributed by atoms with Crippen molar-refractivity contribution in [3.05, 3.63) is 47.9 Å². The van der Waals surface area contributed by atoms with E-state index in [0.717, 1.165) is 31.4 Å². The van der Waals surface area contributed by atoms with Gasteiger partial charge in [-0.2, -0.15) is 0 Å². The normalized spacial score (nSPS) is 18.8. The standard InChI is InChI=1S/C23H21F2N9OS/c24-23(25)9-33(10-23)18-6-26-15(5-17(18)32-7-16(27-11-32)13-1-2-13)21(35)29-19-8-36-22(30-19)20-31-28-12-34(20)14-3-4-14/h5-8,11-14H,1-4,9-10H2,(H,29,35). The molecule has 184 valence electrons. The lowest BCUT2D eigenvalue weighted by Crippen LogP contribution is -2.56. The third kappa shape index (κ3) is 3.92. The average Bonchev–Trinajstić information content (AvgIpc) is 3.72. The second-order valence-corrected chi connectivity index (χ2v) is 10.4. The second kappa shape index (κ2) is 7.88. The molecule has 7 rings (SSSR count). The topological polar surface area (TPSA) is 107 Å². The number of imidazole rings is 1. The van der Waals surface area contributed by atoms with Crippen molar-refractivity contribution >= 4 is 28.7 Å². The Morgan fingerprint density at radius 1 is 1.11 bits per heavy atom. The predicted molar refractivity (Wildman–Crippen MR) is 128 cm³/mol. The summed E-state index contributed by atoms with van der Waals surface area (Å²) in [4.78, 5) is 27.9. The Kier molecular flexibility index (Phi) is 4.72. The maximum absolute atomic E-state index is 13.6. The molecule has 0 spiro atoms. The first-order chi connectivity index (χ1) is 17.4. The highest BCUT2D eigenvalue weighted by atomic mass is 32.1. The van der Waals surface area contributed by atoms with Gasteiger partial charge in [-0.1, -0.05) is 0 Å². The predicted octanol–water partition coefficient (Wildman–Crippen LogP) is 3.90. The van der Waals surface area contributed by atoms with Crippen LogP contribution in [0.4, 0.5) is 20.3 Å². The largest absolute Gasteiger partial charge is 0.356 e. The fourth-order valence-electron chi connectivity index (χ4n) is 4.38. The van der Waals surface area contributed by atoms with E-state index in [9.17, 15) is 13.6 Å². The van der Waals surface area contributed by atoms with E-state index in [0.29, 0.717) is 40.0 Å². The summed E-state index contributed by atoms with van der Waals surface area (Å²) in [7, 11) is 0. The molecular weight excluding hydrogens is 488 g/mol. The van der Waals surface area contributed by atoms with E-state index in [-0.39, 0.29) is 18.8 Å². The number of alkyl halides is 2. The Labute approximate surface area is 208 Å². The van der Waals surface area contributed by atoms with Crippen molar-refractivity contribution < 1.29 is 13.6 Å². The number of halogens is 2. The van der Waals surface area contributed by atoms with Crippen molar-refractivity contribution in [2.75, 3.05) is 23.3 Å². The summed E-state index contributed by atoms with van der Waals surface area (Å²) < 4.78 is 31.0. The number of thiazole rings is 1. The molecule has 4 aromatic rings. The zero-order valence-electron chi connectivity index (χ0n) is 19.0. The van der Waals surface area contributed by atoms with Crippen LogP contribution in [-0.4, -0.2) is 59.2 Å². The Morgan fingerprint density at radius 2 is 1.94 bits per heavy atom. The Morgan fingerprint density at radius 3 is 2.69 bits per heavy atom. The van der Waals surface area contributed by atoms with Gasteiger partial charge < -0.3 is 19.4 Å². The quantitative estimate of drug-likeness (QED) is 0.403. The van der Waals surface area contributed by atoms with Crippen molar-refractivity contribution in [1.82, 2.24) is 34.3 Å². The second-order valence-electron chi connectivity index (χ2n) is 9.54. The van der Waals surface area contributed by atoms with Crippen molar-refractivity contribution in [3.63, 3.8) is 0 Å². The summed E-state index contributed by atoms with van der Waals surface area (Å²) in [5, 5.41) is 13.4. The highest BCUT2D eigenvalue weighted by Crippen LogP contribution is 2.41. The molecule has 0 aromatic carbocycles. The van der Waals surface area contributed by atoms with Gasteiger partial charge in [-0.05, 0) is 31.7 Å². The van der Waals surface area contributed by atoms with Crippen LogP contribution >= 0.6 is 11.3 Å². The van der Waals surface area contributed by atoms with E-state index in [4.69, 9.17) is 0 Å². The molecule has 1 saturated heterocycles. The Balaban J connectivity index is 1.15. The fraction of sp³-hybridized carbons (Fsp3) is 0.391. The van der Waals surface area contributed by atoms with Crippen molar-refractivity contribution in [1.29, 1.82) is 0 Å². The number of nitrogens with one attached hydrogen (secondary N) is 1. The lowest BCUT2D eigenvalue weighted by molar-refractivity contribution is -0.0262. The maximum Gasteiger partial charge on any atom is 0.282 e. The molecular formula is C23H21F2N9OS. The first-order valence-corrected chi connectivity index (χ1v) is 12.7. The number of hydrogen-bond donors (Lipinski definition) is 1. The van der Waals surface area contributed by atoms with Crippen molar-refractivity contribution in [2.24, 2.45) is 0 Å². The molecule has 2 saturated carbocycles. The number of nitrogens with zero attached hydrogens (tertiary/aromatic N) is 8.